The van der Waals surface area contributed by atoms with Gasteiger partial charge in [-0.25, -0.2) is 0 Å². The number of ether oxygens (including phenoxy) is 2. The van der Waals surface area contributed by atoms with Crippen molar-refractivity contribution in [3.8, 4) is 11.5 Å². The quantitative estimate of drug-likeness (QED) is 0.454. The van der Waals surface area contributed by atoms with Crippen LogP contribution >= 0.6 is 11.6 Å². The highest BCUT2D eigenvalue weighted by atomic mass is 35.5. The molecular weight excluding hydrogens is 428 g/mol. The molecule has 2 N–H and O–H groups in total. The fourth-order valence-corrected chi connectivity index (χ4v) is 3.97. The van der Waals surface area contributed by atoms with E-state index in [-0.39, 0.29) is 17.9 Å². The Morgan fingerprint density at radius 3 is 2.47 bits per heavy atom. The molecule has 6 nitrogen and oxygen atoms in total. The monoisotopic (exact) mass is 458 g/mol. The molecule has 0 aromatic heterocycles. The van der Waals surface area contributed by atoms with Gasteiger partial charge in [0.2, 0.25) is 5.91 Å². The zero-order valence-corrected chi connectivity index (χ0v) is 19.2. The summed E-state index contributed by atoms with van der Waals surface area (Å²) in [6.45, 7) is 2.88. The number of carbonyl (C=O) groups excluding carboxylic acids is 2. The van der Waals surface area contributed by atoms with Crippen LogP contribution in [0.3, 0.4) is 0 Å². The summed E-state index contributed by atoms with van der Waals surface area (Å²) in [4.78, 5) is 25.0. The Morgan fingerprint density at radius 1 is 1.03 bits per heavy atom. The molecule has 1 aliphatic rings. The second-order valence-electron chi connectivity index (χ2n) is 7.88. The van der Waals surface area contributed by atoms with Gasteiger partial charge >= 0.3 is 0 Å². The van der Waals surface area contributed by atoms with Gasteiger partial charge in [-0.1, -0.05) is 43.0 Å². The van der Waals surface area contributed by atoms with Gasteiger partial charge < -0.3 is 20.1 Å². The average molecular weight is 459 g/mol. The second kappa shape index (κ2) is 12.3. The van der Waals surface area contributed by atoms with E-state index in [1.165, 1.54) is 6.42 Å². The minimum absolute atomic E-state index is 0.146. The summed E-state index contributed by atoms with van der Waals surface area (Å²) < 4.78 is 11.3. The van der Waals surface area contributed by atoms with Crippen LogP contribution in [0.5, 0.6) is 11.5 Å². The van der Waals surface area contributed by atoms with Crippen molar-refractivity contribution < 1.29 is 19.1 Å². The summed E-state index contributed by atoms with van der Waals surface area (Å²) in [7, 11) is 0. The van der Waals surface area contributed by atoms with Gasteiger partial charge in [0.05, 0.1) is 23.8 Å². The molecule has 0 spiro atoms. The van der Waals surface area contributed by atoms with Gasteiger partial charge in [-0.05, 0) is 56.5 Å². The number of hydrogen-bond donors (Lipinski definition) is 2. The summed E-state index contributed by atoms with van der Waals surface area (Å²) in [6, 6.07) is 12.6. The van der Waals surface area contributed by atoms with Crippen LogP contribution in [0.1, 0.15) is 62.2 Å². The standard InChI is InChI=1S/C25H31ClN2O4/c1-2-31-22-11-6-7-12-23(22)32-16-8-13-24(29)27-19-14-15-21(26)20(17-19)25(30)28-18-9-4-3-5-10-18/h6-7,11-12,14-15,17-18H,2-5,8-10,13,16H2,1H3,(H,27,29)(H,28,30). The molecule has 0 unspecified atom stereocenters. The normalized spacial score (nSPS) is 13.9. The Morgan fingerprint density at radius 2 is 1.75 bits per heavy atom. The van der Waals surface area contributed by atoms with Gasteiger partial charge in [-0.2, -0.15) is 0 Å². The molecule has 1 fully saturated rings. The highest BCUT2D eigenvalue weighted by molar-refractivity contribution is 6.34. The third-order valence-electron chi connectivity index (χ3n) is 5.39. The van der Waals surface area contributed by atoms with Crippen molar-refractivity contribution in [1.82, 2.24) is 5.32 Å². The Hall–Kier alpha value is -2.73. The number of benzene rings is 2. The lowest BCUT2D eigenvalue weighted by molar-refractivity contribution is -0.116. The van der Waals surface area contributed by atoms with Gasteiger partial charge in [-0.3, -0.25) is 9.59 Å². The van der Waals surface area contributed by atoms with E-state index in [2.05, 4.69) is 10.6 Å². The van der Waals surface area contributed by atoms with E-state index in [4.69, 9.17) is 21.1 Å². The van der Waals surface area contributed by atoms with E-state index in [1.54, 1.807) is 18.2 Å². The number of carbonyl (C=O) groups is 2. The number of para-hydroxylation sites is 2. The predicted molar refractivity (Wildman–Crippen MR) is 127 cm³/mol. The zero-order chi connectivity index (χ0) is 22.8. The Labute approximate surface area is 194 Å². The number of amides is 2. The molecule has 0 radical (unpaired) electrons. The number of rotatable bonds is 10. The molecule has 0 saturated heterocycles. The van der Waals surface area contributed by atoms with Crippen molar-refractivity contribution in [1.29, 1.82) is 0 Å². The van der Waals surface area contributed by atoms with Gasteiger partial charge in [0.1, 0.15) is 0 Å². The molecule has 2 aromatic carbocycles. The smallest absolute Gasteiger partial charge is 0.253 e. The van der Waals surface area contributed by atoms with E-state index in [0.717, 1.165) is 25.7 Å². The summed E-state index contributed by atoms with van der Waals surface area (Å²) >= 11 is 6.24. The van der Waals surface area contributed by atoms with Crippen molar-refractivity contribution in [3.63, 3.8) is 0 Å². The third-order valence-corrected chi connectivity index (χ3v) is 5.72. The molecule has 3 rings (SSSR count). The largest absolute Gasteiger partial charge is 0.490 e. The second-order valence-corrected chi connectivity index (χ2v) is 8.29. The molecular formula is C25H31ClN2O4. The topological polar surface area (TPSA) is 76.7 Å². The molecule has 172 valence electrons. The molecule has 0 bridgehead atoms. The van der Waals surface area contributed by atoms with Gasteiger partial charge in [0, 0.05) is 18.2 Å². The van der Waals surface area contributed by atoms with Crippen molar-refractivity contribution in [2.75, 3.05) is 18.5 Å². The number of halogens is 1. The third kappa shape index (κ3) is 7.16. The average Bonchev–Trinajstić information content (AvgIpc) is 2.80. The molecule has 7 heteroatoms. The summed E-state index contributed by atoms with van der Waals surface area (Å²) in [5.74, 6) is 1.02. The van der Waals surface area contributed by atoms with Crippen LogP contribution in [0.2, 0.25) is 5.02 Å². The highest BCUT2D eigenvalue weighted by Crippen LogP contribution is 2.26. The van der Waals surface area contributed by atoms with Crippen LogP contribution in [0, 0.1) is 0 Å². The summed E-state index contributed by atoms with van der Waals surface area (Å²) in [5.41, 5.74) is 0.932. The lowest BCUT2D eigenvalue weighted by Gasteiger charge is -2.23. The number of anilines is 1. The molecule has 0 heterocycles. The van der Waals surface area contributed by atoms with Crippen LogP contribution in [-0.2, 0) is 4.79 Å². The maximum absolute atomic E-state index is 12.7. The first-order valence-electron chi connectivity index (χ1n) is 11.3. The van der Waals surface area contributed by atoms with Crippen molar-refractivity contribution in [2.24, 2.45) is 0 Å². The van der Waals surface area contributed by atoms with Crippen LogP contribution < -0.4 is 20.1 Å². The molecule has 2 aromatic rings. The van der Waals surface area contributed by atoms with E-state index >= 15 is 0 Å². The van der Waals surface area contributed by atoms with E-state index < -0.39 is 0 Å². The minimum Gasteiger partial charge on any atom is -0.490 e. The van der Waals surface area contributed by atoms with Gasteiger partial charge in [0.25, 0.3) is 5.91 Å². The van der Waals surface area contributed by atoms with Gasteiger partial charge in [0.15, 0.2) is 11.5 Å². The lowest BCUT2D eigenvalue weighted by atomic mass is 9.95. The minimum atomic E-state index is -0.195. The lowest BCUT2D eigenvalue weighted by Crippen LogP contribution is -2.36. The molecule has 1 aliphatic carbocycles. The molecule has 2 amide bonds. The summed E-state index contributed by atoms with van der Waals surface area (Å²) in [6.07, 6.45) is 6.33. The summed E-state index contributed by atoms with van der Waals surface area (Å²) in [5, 5.41) is 6.28. The number of nitrogens with one attached hydrogen (secondary N) is 2. The predicted octanol–water partition coefficient (Wildman–Crippen LogP) is 5.60. The molecule has 0 aliphatic heterocycles. The van der Waals surface area contributed by atoms with Crippen LogP contribution in [-0.4, -0.2) is 31.1 Å². The molecule has 0 atom stereocenters. The van der Waals surface area contributed by atoms with E-state index in [0.29, 0.717) is 53.8 Å². The first-order chi connectivity index (χ1) is 15.6. The van der Waals surface area contributed by atoms with Crippen molar-refractivity contribution >= 4 is 29.1 Å². The Kier molecular flexibility index (Phi) is 9.23. The molecule has 1 saturated carbocycles. The number of hydrogen-bond acceptors (Lipinski definition) is 4. The van der Waals surface area contributed by atoms with Crippen LogP contribution in [0.4, 0.5) is 5.69 Å². The van der Waals surface area contributed by atoms with Crippen molar-refractivity contribution in [3.05, 3.63) is 53.1 Å². The van der Waals surface area contributed by atoms with E-state index in [9.17, 15) is 9.59 Å². The van der Waals surface area contributed by atoms with Crippen molar-refractivity contribution in [2.45, 2.75) is 57.9 Å². The molecule has 32 heavy (non-hydrogen) atoms. The Bertz CT molecular complexity index is 913. The van der Waals surface area contributed by atoms with Crippen LogP contribution in [0.15, 0.2) is 42.5 Å². The van der Waals surface area contributed by atoms with E-state index in [1.807, 2.05) is 31.2 Å². The fraction of sp³-hybridized carbons (Fsp3) is 0.440. The zero-order valence-electron chi connectivity index (χ0n) is 18.5. The SMILES string of the molecule is CCOc1ccccc1OCCCC(=O)Nc1ccc(Cl)c(C(=O)NC2CCCCC2)c1. The maximum atomic E-state index is 12.7. The maximum Gasteiger partial charge on any atom is 0.253 e. The Balaban J connectivity index is 1.47. The van der Waals surface area contributed by atoms with Gasteiger partial charge in [-0.15, -0.1) is 0 Å². The first kappa shape index (κ1) is 23.9. The fourth-order valence-electron chi connectivity index (χ4n) is 3.77. The highest BCUT2D eigenvalue weighted by Gasteiger charge is 2.19. The van der Waals surface area contributed by atoms with Crippen LogP contribution in [0.25, 0.3) is 0 Å². The first-order valence-corrected chi connectivity index (χ1v) is 11.7.